The molecule has 0 aliphatic carbocycles. The fraction of sp³-hybridized carbons (Fsp3) is 0.440. The van der Waals surface area contributed by atoms with E-state index in [-0.39, 0.29) is 18.5 Å². The Kier molecular flexibility index (Phi) is 9.21. The molecule has 9 heteroatoms. The number of hydrogen-bond acceptors (Lipinski definition) is 4. The van der Waals surface area contributed by atoms with Gasteiger partial charge in [-0.3, -0.25) is 13.9 Å². The molecule has 0 saturated heterocycles. The molecule has 0 aliphatic rings. The molecule has 0 radical (unpaired) electrons. The zero-order valence-corrected chi connectivity index (χ0v) is 21.4. The maximum absolute atomic E-state index is 13.5. The van der Waals surface area contributed by atoms with Crippen molar-refractivity contribution in [2.75, 3.05) is 17.1 Å². The molecule has 34 heavy (non-hydrogen) atoms. The smallest absolute Gasteiger partial charge is 0.244 e. The van der Waals surface area contributed by atoms with E-state index in [2.05, 4.69) is 5.32 Å². The molecule has 7 nitrogen and oxygen atoms in total. The first-order valence-corrected chi connectivity index (χ1v) is 13.1. The highest BCUT2D eigenvalue weighted by Crippen LogP contribution is 2.22. The lowest BCUT2D eigenvalue weighted by Crippen LogP contribution is -2.52. The number of carbonyl (C=O) groups is 2. The summed E-state index contributed by atoms with van der Waals surface area (Å²) in [6.45, 7) is 8.65. The largest absolute Gasteiger partial charge is 0.352 e. The maximum atomic E-state index is 13.5. The van der Waals surface area contributed by atoms with Crippen molar-refractivity contribution < 1.29 is 22.4 Å². The summed E-state index contributed by atoms with van der Waals surface area (Å²) >= 11 is 0. The van der Waals surface area contributed by atoms with Crippen LogP contribution in [0.4, 0.5) is 10.1 Å². The fourth-order valence-corrected chi connectivity index (χ4v) is 4.38. The van der Waals surface area contributed by atoms with Gasteiger partial charge in [-0.1, -0.05) is 25.1 Å². The number of rotatable bonds is 10. The monoisotopic (exact) mass is 491 g/mol. The molecular formula is C25H34FN3O4S. The van der Waals surface area contributed by atoms with E-state index in [9.17, 15) is 22.4 Å². The van der Waals surface area contributed by atoms with Crippen LogP contribution in [0.2, 0.25) is 0 Å². The van der Waals surface area contributed by atoms with Crippen molar-refractivity contribution in [1.82, 2.24) is 10.2 Å². The Labute approximate surface area is 202 Å². The standard InChI is InChI=1S/C25H34FN3O4S/c1-7-19(4)27-25(31)20(5)28(15-21-8-10-22(26)11-9-21)24(30)16-29(34(6,32)33)23-13-17(2)12-18(3)14-23/h8-14,19-20H,7,15-16H2,1-6H3,(H,27,31)/t19-,20+/m0/s1. The van der Waals surface area contributed by atoms with Crippen molar-refractivity contribution in [2.24, 2.45) is 0 Å². The molecule has 0 aliphatic heterocycles. The Morgan fingerprint density at radius 3 is 2.09 bits per heavy atom. The van der Waals surface area contributed by atoms with Gasteiger partial charge in [0.15, 0.2) is 0 Å². The van der Waals surface area contributed by atoms with Gasteiger partial charge in [-0.2, -0.15) is 0 Å². The number of aryl methyl sites for hydroxylation is 2. The topological polar surface area (TPSA) is 86.8 Å². The quantitative estimate of drug-likeness (QED) is 0.551. The van der Waals surface area contributed by atoms with Gasteiger partial charge < -0.3 is 10.2 Å². The minimum atomic E-state index is -3.79. The van der Waals surface area contributed by atoms with Crippen LogP contribution in [0.25, 0.3) is 0 Å². The van der Waals surface area contributed by atoms with Gasteiger partial charge in [-0.05, 0) is 75.1 Å². The predicted octanol–water partition coefficient (Wildman–Crippen LogP) is 3.54. The average molecular weight is 492 g/mol. The highest BCUT2D eigenvalue weighted by atomic mass is 32.2. The van der Waals surface area contributed by atoms with Gasteiger partial charge in [0.25, 0.3) is 0 Å². The highest BCUT2D eigenvalue weighted by molar-refractivity contribution is 7.92. The molecule has 0 fully saturated rings. The van der Waals surface area contributed by atoms with Crippen LogP contribution in [-0.2, 0) is 26.2 Å². The Hall–Kier alpha value is -2.94. The van der Waals surface area contributed by atoms with Crippen molar-refractivity contribution in [3.8, 4) is 0 Å². The number of halogens is 1. The minimum Gasteiger partial charge on any atom is -0.352 e. The van der Waals surface area contributed by atoms with E-state index in [4.69, 9.17) is 0 Å². The molecule has 186 valence electrons. The molecule has 0 heterocycles. The minimum absolute atomic E-state index is 0.0264. The summed E-state index contributed by atoms with van der Waals surface area (Å²) in [7, 11) is -3.79. The molecule has 0 saturated carbocycles. The van der Waals surface area contributed by atoms with Crippen LogP contribution in [0.5, 0.6) is 0 Å². The summed E-state index contributed by atoms with van der Waals surface area (Å²) in [5.74, 6) is -1.30. The zero-order chi connectivity index (χ0) is 25.6. The van der Waals surface area contributed by atoms with Gasteiger partial charge in [0, 0.05) is 12.6 Å². The third-order valence-corrected chi connectivity index (χ3v) is 6.75. The second kappa shape index (κ2) is 11.5. The van der Waals surface area contributed by atoms with Gasteiger partial charge in [0.2, 0.25) is 21.8 Å². The number of sulfonamides is 1. The van der Waals surface area contributed by atoms with E-state index < -0.39 is 34.3 Å². The molecule has 2 aromatic rings. The molecule has 2 atom stereocenters. The van der Waals surface area contributed by atoms with E-state index >= 15 is 0 Å². The van der Waals surface area contributed by atoms with E-state index in [0.717, 1.165) is 28.1 Å². The SMILES string of the molecule is CC[C@H](C)NC(=O)[C@@H](C)N(Cc1ccc(F)cc1)C(=O)CN(c1cc(C)cc(C)c1)S(C)(=O)=O. The highest BCUT2D eigenvalue weighted by Gasteiger charge is 2.30. The van der Waals surface area contributed by atoms with Crippen LogP contribution in [-0.4, -0.2) is 50.0 Å². The van der Waals surface area contributed by atoms with Gasteiger partial charge in [-0.15, -0.1) is 0 Å². The zero-order valence-electron chi connectivity index (χ0n) is 20.6. The number of nitrogens with one attached hydrogen (secondary N) is 1. The number of nitrogens with zero attached hydrogens (tertiary/aromatic N) is 2. The number of amides is 2. The number of anilines is 1. The number of carbonyl (C=O) groups excluding carboxylic acids is 2. The molecule has 0 spiro atoms. The number of hydrogen-bond donors (Lipinski definition) is 1. The fourth-order valence-electron chi connectivity index (χ4n) is 3.54. The van der Waals surface area contributed by atoms with Crippen LogP contribution in [0.15, 0.2) is 42.5 Å². The normalized spacial score (nSPS) is 13.1. The third kappa shape index (κ3) is 7.55. The van der Waals surface area contributed by atoms with Gasteiger partial charge >= 0.3 is 0 Å². The second-order valence-electron chi connectivity index (χ2n) is 8.76. The molecule has 2 aromatic carbocycles. The lowest BCUT2D eigenvalue weighted by molar-refractivity contribution is -0.139. The molecular weight excluding hydrogens is 457 g/mol. The molecule has 0 bridgehead atoms. The van der Waals surface area contributed by atoms with Crippen LogP contribution in [0.1, 0.15) is 43.9 Å². The molecule has 0 unspecified atom stereocenters. The third-order valence-electron chi connectivity index (χ3n) is 5.61. The van der Waals surface area contributed by atoms with Crippen LogP contribution >= 0.6 is 0 Å². The summed E-state index contributed by atoms with van der Waals surface area (Å²) < 4.78 is 39.7. The van der Waals surface area contributed by atoms with Crippen molar-refractivity contribution in [2.45, 2.75) is 59.7 Å². The van der Waals surface area contributed by atoms with Gasteiger partial charge in [0.05, 0.1) is 11.9 Å². The van der Waals surface area contributed by atoms with E-state index in [0.29, 0.717) is 11.3 Å². The predicted molar refractivity (Wildman–Crippen MR) is 132 cm³/mol. The molecule has 2 rings (SSSR count). The van der Waals surface area contributed by atoms with E-state index in [1.807, 2.05) is 33.8 Å². The maximum Gasteiger partial charge on any atom is 0.244 e. The summed E-state index contributed by atoms with van der Waals surface area (Å²) in [6, 6.07) is 9.98. The van der Waals surface area contributed by atoms with E-state index in [1.54, 1.807) is 19.1 Å². The lowest BCUT2D eigenvalue weighted by Gasteiger charge is -2.32. The van der Waals surface area contributed by atoms with Crippen LogP contribution in [0.3, 0.4) is 0 Å². The summed E-state index contributed by atoms with van der Waals surface area (Å²) in [5, 5.41) is 2.87. The second-order valence-corrected chi connectivity index (χ2v) is 10.7. The Bertz CT molecular complexity index is 1100. The molecule has 0 aromatic heterocycles. The first kappa shape index (κ1) is 27.3. The molecule has 2 amide bonds. The van der Waals surface area contributed by atoms with E-state index in [1.165, 1.54) is 29.2 Å². The molecule has 1 N–H and O–H groups in total. The van der Waals surface area contributed by atoms with Gasteiger partial charge in [-0.25, -0.2) is 12.8 Å². The first-order valence-electron chi connectivity index (χ1n) is 11.2. The Morgan fingerprint density at radius 1 is 1.03 bits per heavy atom. The summed E-state index contributed by atoms with van der Waals surface area (Å²) in [6.07, 6.45) is 1.76. The Morgan fingerprint density at radius 2 is 1.59 bits per heavy atom. The Balaban J connectivity index is 2.41. The summed E-state index contributed by atoms with van der Waals surface area (Å²) in [5.41, 5.74) is 2.73. The van der Waals surface area contributed by atoms with Crippen molar-refractivity contribution in [3.05, 3.63) is 65.0 Å². The first-order chi connectivity index (χ1) is 15.8. The van der Waals surface area contributed by atoms with Crippen molar-refractivity contribution in [3.63, 3.8) is 0 Å². The van der Waals surface area contributed by atoms with Crippen molar-refractivity contribution >= 4 is 27.5 Å². The van der Waals surface area contributed by atoms with Crippen LogP contribution in [0, 0.1) is 19.7 Å². The van der Waals surface area contributed by atoms with Crippen LogP contribution < -0.4 is 9.62 Å². The van der Waals surface area contributed by atoms with Crippen molar-refractivity contribution in [1.29, 1.82) is 0 Å². The average Bonchev–Trinajstić information content (AvgIpc) is 2.74. The van der Waals surface area contributed by atoms with Gasteiger partial charge in [0.1, 0.15) is 18.4 Å². The summed E-state index contributed by atoms with van der Waals surface area (Å²) in [4.78, 5) is 27.7. The lowest BCUT2D eigenvalue weighted by atomic mass is 10.1. The number of benzene rings is 2.